The maximum Gasteiger partial charge on any atom is 0.328 e. The lowest BCUT2D eigenvalue weighted by molar-refractivity contribution is -0.135. The van der Waals surface area contributed by atoms with Gasteiger partial charge in [-0.25, -0.2) is 4.79 Å². The van der Waals surface area contributed by atoms with Gasteiger partial charge in [0, 0.05) is 17.6 Å². The van der Waals surface area contributed by atoms with Gasteiger partial charge in [-0.1, -0.05) is 0 Å². The molecule has 1 aliphatic heterocycles. The van der Waals surface area contributed by atoms with Crippen molar-refractivity contribution in [2.75, 3.05) is 6.61 Å². The summed E-state index contributed by atoms with van der Waals surface area (Å²) >= 11 is 1.49. The number of carboxylic acid groups (broad SMARTS) is 1. The molecule has 0 aliphatic carbocycles. The zero-order valence-electron chi connectivity index (χ0n) is 11.0. The highest BCUT2D eigenvalue weighted by Gasteiger charge is 2.21. The van der Waals surface area contributed by atoms with Crippen LogP contribution >= 0.6 is 11.3 Å². The first-order chi connectivity index (χ1) is 9.66. The molecule has 2 heterocycles. The molecule has 1 aromatic heterocycles. The molecule has 1 aliphatic rings. The van der Waals surface area contributed by atoms with Crippen LogP contribution in [0.3, 0.4) is 0 Å². The van der Waals surface area contributed by atoms with Crippen LogP contribution in [0.5, 0.6) is 0 Å². The molecule has 1 unspecified atom stereocenters. The number of hydrogen-bond donors (Lipinski definition) is 2. The number of nitrogens with one attached hydrogen (secondary N) is 1. The summed E-state index contributed by atoms with van der Waals surface area (Å²) in [5, 5.41) is 13.3. The Hall–Kier alpha value is -1.66. The third-order valence-electron chi connectivity index (χ3n) is 3.08. The highest BCUT2D eigenvalue weighted by atomic mass is 32.1. The third kappa shape index (κ3) is 4.18. The second-order valence-electron chi connectivity index (χ2n) is 4.54. The second kappa shape index (κ2) is 7.21. The van der Waals surface area contributed by atoms with E-state index in [0.29, 0.717) is 13.2 Å². The molecular weight excluding hydrogens is 278 g/mol. The van der Waals surface area contributed by atoms with E-state index in [0.717, 1.165) is 35.8 Å². The maximum absolute atomic E-state index is 11.9. The lowest BCUT2D eigenvalue weighted by Gasteiger charge is -2.21. The number of hydrogen-bond acceptors (Lipinski definition) is 4. The van der Waals surface area contributed by atoms with Crippen molar-refractivity contribution in [1.29, 1.82) is 0 Å². The van der Waals surface area contributed by atoms with E-state index in [1.54, 1.807) is 0 Å². The smallest absolute Gasteiger partial charge is 0.328 e. The van der Waals surface area contributed by atoms with Gasteiger partial charge in [0.1, 0.15) is 6.10 Å². The first-order valence-corrected chi connectivity index (χ1v) is 7.41. The molecule has 6 heteroatoms. The number of amides is 1. The van der Waals surface area contributed by atoms with Crippen LogP contribution in [0.4, 0.5) is 0 Å². The van der Waals surface area contributed by atoms with E-state index in [4.69, 9.17) is 9.84 Å². The van der Waals surface area contributed by atoms with Crippen molar-refractivity contribution in [3.63, 3.8) is 0 Å². The molecule has 1 atom stereocenters. The number of carbonyl (C=O) groups excluding carboxylic acids is 1. The van der Waals surface area contributed by atoms with Gasteiger partial charge in [-0.2, -0.15) is 0 Å². The minimum atomic E-state index is -0.984. The molecule has 1 fully saturated rings. The molecule has 2 rings (SSSR count). The van der Waals surface area contributed by atoms with Crippen molar-refractivity contribution >= 4 is 29.3 Å². The number of aliphatic carboxylic acids is 1. The Bertz CT molecular complexity index is 503. The van der Waals surface area contributed by atoms with Crippen LogP contribution in [0.2, 0.25) is 0 Å². The molecule has 0 spiro atoms. The fraction of sp³-hybridized carbons (Fsp3) is 0.429. The maximum atomic E-state index is 11.9. The quantitative estimate of drug-likeness (QED) is 0.815. The van der Waals surface area contributed by atoms with E-state index in [-0.39, 0.29) is 12.0 Å². The number of rotatable bonds is 5. The molecule has 0 bridgehead atoms. The molecule has 5 nitrogen and oxygen atoms in total. The zero-order valence-corrected chi connectivity index (χ0v) is 11.8. The molecule has 1 amide bonds. The van der Waals surface area contributed by atoms with Gasteiger partial charge in [0.25, 0.3) is 0 Å². The predicted molar refractivity (Wildman–Crippen MR) is 76.4 cm³/mol. The molecule has 2 N–H and O–H groups in total. The molecule has 0 radical (unpaired) electrons. The van der Waals surface area contributed by atoms with Crippen LogP contribution in [-0.4, -0.2) is 29.7 Å². The number of ether oxygens (including phenoxy) is 1. The summed E-state index contributed by atoms with van der Waals surface area (Å²) in [6.07, 6.45) is 5.08. The normalized spacial score (nSPS) is 19.1. The zero-order chi connectivity index (χ0) is 14.4. The molecule has 20 heavy (non-hydrogen) atoms. The fourth-order valence-electron chi connectivity index (χ4n) is 2.03. The molecule has 108 valence electrons. The van der Waals surface area contributed by atoms with E-state index >= 15 is 0 Å². The first-order valence-electron chi connectivity index (χ1n) is 6.53. The highest BCUT2D eigenvalue weighted by molar-refractivity contribution is 7.10. The summed E-state index contributed by atoms with van der Waals surface area (Å²) in [5.41, 5.74) is 0.822. The van der Waals surface area contributed by atoms with Gasteiger partial charge in [0.05, 0.1) is 6.54 Å². The van der Waals surface area contributed by atoms with Gasteiger partial charge >= 0.3 is 5.97 Å². The van der Waals surface area contributed by atoms with Gasteiger partial charge in [0.15, 0.2) is 0 Å². The van der Waals surface area contributed by atoms with Gasteiger partial charge in [-0.3, -0.25) is 4.79 Å². The van der Waals surface area contributed by atoms with E-state index in [9.17, 15) is 9.59 Å². The van der Waals surface area contributed by atoms with Crippen molar-refractivity contribution in [2.24, 2.45) is 0 Å². The number of carbonyl (C=O) groups is 2. The van der Waals surface area contributed by atoms with Gasteiger partial charge in [-0.05, 0) is 42.3 Å². The van der Waals surface area contributed by atoms with Crippen LogP contribution in [-0.2, 0) is 20.9 Å². The Kier molecular flexibility index (Phi) is 5.31. The Morgan fingerprint density at radius 3 is 3.05 bits per heavy atom. The van der Waals surface area contributed by atoms with Crippen LogP contribution in [0, 0.1) is 0 Å². The minimum absolute atomic E-state index is 0.0914. The second-order valence-corrected chi connectivity index (χ2v) is 5.54. The SMILES string of the molecule is O=C(O)/C=C/c1ccsc1CNC(=O)C1CCCCO1. The van der Waals surface area contributed by atoms with E-state index in [1.807, 2.05) is 11.4 Å². The highest BCUT2D eigenvalue weighted by Crippen LogP contribution is 2.19. The average Bonchev–Trinajstić information content (AvgIpc) is 2.91. The lowest BCUT2D eigenvalue weighted by Crippen LogP contribution is -2.37. The van der Waals surface area contributed by atoms with Crippen molar-refractivity contribution in [3.05, 3.63) is 28.0 Å². The van der Waals surface area contributed by atoms with Crippen molar-refractivity contribution in [3.8, 4) is 0 Å². The first kappa shape index (κ1) is 14.7. The third-order valence-corrected chi connectivity index (χ3v) is 4.02. The topological polar surface area (TPSA) is 75.6 Å². The monoisotopic (exact) mass is 295 g/mol. The van der Waals surface area contributed by atoms with Gasteiger partial charge in [-0.15, -0.1) is 11.3 Å². The van der Waals surface area contributed by atoms with Gasteiger partial charge < -0.3 is 15.2 Å². The Labute approximate surface area is 121 Å². The number of carboxylic acids is 1. The van der Waals surface area contributed by atoms with Crippen LogP contribution in [0.1, 0.15) is 29.7 Å². The lowest BCUT2D eigenvalue weighted by atomic mass is 10.1. The van der Waals surface area contributed by atoms with Crippen LogP contribution < -0.4 is 5.32 Å². The summed E-state index contributed by atoms with van der Waals surface area (Å²) in [7, 11) is 0. The summed E-state index contributed by atoms with van der Waals surface area (Å²) in [6, 6.07) is 1.84. The largest absolute Gasteiger partial charge is 0.478 e. The summed E-state index contributed by atoms with van der Waals surface area (Å²) in [5.74, 6) is -1.08. The molecular formula is C14H17NO4S. The van der Waals surface area contributed by atoms with Crippen molar-refractivity contribution < 1.29 is 19.4 Å². The minimum Gasteiger partial charge on any atom is -0.478 e. The predicted octanol–water partition coefficient (Wildman–Crippen LogP) is 2.03. The molecule has 1 saturated heterocycles. The van der Waals surface area contributed by atoms with E-state index in [1.165, 1.54) is 17.4 Å². The fourth-order valence-corrected chi connectivity index (χ4v) is 2.84. The van der Waals surface area contributed by atoms with Crippen molar-refractivity contribution in [1.82, 2.24) is 5.32 Å². The molecule has 1 aromatic rings. The van der Waals surface area contributed by atoms with Crippen LogP contribution in [0.25, 0.3) is 6.08 Å². The standard InChI is InChI=1S/C14H17NO4S/c16-13(17)5-4-10-6-8-20-12(10)9-15-14(18)11-3-1-2-7-19-11/h4-6,8,11H,1-3,7,9H2,(H,15,18)(H,16,17)/b5-4+. The van der Waals surface area contributed by atoms with E-state index < -0.39 is 5.97 Å². The Balaban J connectivity index is 1.89. The summed E-state index contributed by atoms with van der Waals surface area (Å²) in [6.45, 7) is 1.04. The number of thiophene rings is 1. The summed E-state index contributed by atoms with van der Waals surface area (Å²) < 4.78 is 5.42. The van der Waals surface area contributed by atoms with Crippen LogP contribution in [0.15, 0.2) is 17.5 Å². The van der Waals surface area contributed by atoms with Gasteiger partial charge in [0.2, 0.25) is 5.91 Å². The average molecular weight is 295 g/mol. The molecule has 0 aromatic carbocycles. The summed E-state index contributed by atoms with van der Waals surface area (Å²) in [4.78, 5) is 23.4. The Morgan fingerprint density at radius 2 is 2.35 bits per heavy atom. The van der Waals surface area contributed by atoms with E-state index in [2.05, 4.69) is 5.32 Å². The molecule has 0 saturated carbocycles. The Morgan fingerprint density at radius 1 is 1.50 bits per heavy atom. The van der Waals surface area contributed by atoms with Crippen molar-refractivity contribution in [2.45, 2.75) is 31.9 Å².